The van der Waals surface area contributed by atoms with Crippen molar-refractivity contribution in [2.45, 2.75) is 63.1 Å². The molecular weight excluding hydrogens is 350 g/mol. The predicted molar refractivity (Wildman–Crippen MR) is 96.1 cm³/mol. The van der Waals surface area contributed by atoms with Gasteiger partial charge in [0.2, 0.25) is 11.8 Å². The normalized spacial score (nSPS) is 27.7. The number of Topliss-reactive ketones (excluding diaryl/α,β-unsaturated/α-hetero) is 1. The number of nitrogens with zero attached hydrogens (tertiary/aromatic N) is 2. The molecule has 0 aromatic rings. The SMILES string of the molecule is COC1(C(=O)N2CC(=O)C3C2CCN3C(=O)[CH]CC(C)C(N)=O)CCCC1. The molecule has 149 valence electrons. The van der Waals surface area contributed by atoms with Crippen LogP contribution in [0.4, 0.5) is 0 Å². The molecule has 8 nitrogen and oxygen atoms in total. The number of primary amides is 1. The van der Waals surface area contributed by atoms with Gasteiger partial charge < -0.3 is 20.3 Å². The second-order valence-electron chi connectivity index (χ2n) is 7.88. The average molecular weight is 378 g/mol. The van der Waals surface area contributed by atoms with E-state index in [1.165, 1.54) is 11.3 Å². The van der Waals surface area contributed by atoms with E-state index in [1.54, 1.807) is 18.9 Å². The zero-order valence-electron chi connectivity index (χ0n) is 16.0. The number of fused-ring (bicyclic) bond motifs is 1. The fourth-order valence-corrected chi connectivity index (χ4v) is 4.56. The van der Waals surface area contributed by atoms with E-state index in [1.807, 2.05) is 0 Å². The van der Waals surface area contributed by atoms with Crippen LogP contribution in [0.25, 0.3) is 0 Å². The lowest BCUT2D eigenvalue weighted by atomic mass is 9.99. The summed E-state index contributed by atoms with van der Waals surface area (Å²) in [6, 6.07) is -0.888. The van der Waals surface area contributed by atoms with Gasteiger partial charge in [0.1, 0.15) is 11.6 Å². The summed E-state index contributed by atoms with van der Waals surface area (Å²) in [5.41, 5.74) is 4.40. The second-order valence-corrected chi connectivity index (χ2v) is 7.88. The van der Waals surface area contributed by atoms with E-state index in [0.717, 1.165) is 12.8 Å². The molecule has 1 radical (unpaired) electrons. The number of amides is 3. The number of carbonyl (C=O) groups excluding carboxylic acids is 4. The lowest BCUT2D eigenvalue weighted by Gasteiger charge is -2.33. The highest BCUT2D eigenvalue weighted by Crippen LogP contribution is 2.38. The Bertz CT molecular complexity index is 643. The topological polar surface area (TPSA) is 110 Å². The van der Waals surface area contributed by atoms with Crippen LogP contribution in [0.2, 0.25) is 0 Å². The average Bonchev–Trinajstić information content (AvgIpc) is 3.36. The van der Waals surface area contributed by atoms with Crippen molar-refractivity contribution in [3.63, 3.8) is 0 Å². The Morgan fingerprint density at radius 2 is 1.96 bits per heavy atom. The Morgan fingerprint density at radius 3 is 2.56 bits per heavy atom. The molecule has 2 N–H and O–H groups in total. The third-order valence-electron chi connectivity index (χ3n) is 6.29. The zero-order chi connectivity index (χ0) is 19.8. The van der Waals surface area contributed by atoms with Crippen LogP contribution in [0, 0.1) is 12.3 Å². The minimum atomic E-state index is -0.824. The molecule has 3 rings (SSSR count). The number of carbonyl (C=O) groups is 4. The Balaban J connectivity index is 1.68. The summed E-state index contributed by atoms with van der Waals surface area (Å²) in [4.78, 5) is 52.6. The summed E-state index contributed by atoms with van der Waals surface area (Å²) in [6.45, 7) is 2.11. The summed E-state index contributed by atoms with van der Waals surface area (Å²) >= 11 is 0. The first-order valence-corrected chi connectivity index (χ1v) is 9.63. The number of hydrogen-bond donors (Lipinski definition) is 1. The number of hydrogen-bond acceptors (Lipinski definition) is 5. The number of rotatable bonds is 6. The summed E-state index contributed by atoms with van der Waals surface area (Å²) < 4.78 is 5.59. The van der Waals surface area contributed by atoms with E-state index in [0.29, 0.717) is 25.8 Å². The highest BCUT2D eigenvalue weighted by Gasteiger charge is 2.55. The van der Waals surface area contributed by atoms with E-state index < -0.39 is 23.5 Å². The van der Waals surface area contributed by atoms with Gasteiger partial charge in [-0.1, -0.05) is 6.92 Å². The van der Waals surface area contributed by atoms with Crippen LogP contribution >= 0.6 is 0 Å². The first kappa shape index (κ1) is 19.8. The van der Waals surface area contributed by atoms with Crippen molar-refractivity contribution in [3.05, 3.63) is 6.42 Å². The van der Waals surface area contributed by atoms with E-state index in [9.17, 15) is 19.2 Å². The molecule has 0 aromatic heterocycles. The number of ether oxygens (including phenoxy) is 1. The van der Waals surface area contributed by atoms with Gasteiger partial charge in [0.25, 0.3) is 5.91 Å². The third kappa shape index (κ3) is 3.47. The Hall–Kier alpha value is -1.96. The van der Waals surface area contributed by atoms with Crippen molar-refractivity contribution in [1.82, 2.24) is 9.80 Å². The van der Waals surface area contributed by atoms with Gasteiger partial charge in [0.05, 0.1) is 19.0 Å². The molecular formula is C19H28N3O5. The molecule has 2 heterocycles. The summed E-state index contributed by atoms with van der Waals surface area (Å²) in [5, 5.41) is 0. The standard InChI is InChI=1S/C19H28N3O5/c1-12(17(20)25)5-6-15(24)21-10-7-13-16(21)14(23)11-22(13)18(26)19(27-2)8-3-4-9-19/h6,12-13,16H,3-5,7-11H2,1-2H3,(H2,20,25). The molecule has 8 heteroatoms. The van der Waals surface area contributed by atoms with Crippen molar-refractivity contribution in [1.29, 1.82) is 0 Å². The maximum atomic E-state index is 13.1. The van der Waals surface area contributed by atoms with Gasteiger partial charge in [-0.3, -0.25) is 19.2 Å². The van der Waals surface area contributed by atoms with Crippen molar-refractivity contribution in [2.75, 3.05) is 20.2 Å². The third-order valence-corrected chi connectivity index (χ3v) is 6.29. The van der Waals surface area contributed by atoms with E-state index in [2.05, 4.69) is 0 Å². The zero-order valence-corrected chi connectivity index (χ0v) is 16.0. The summed E-state index contributed by atoms with van der Waals surface area (Å²) in [6.07, 6.45) is 5.46. The van der Waals surface area contributed by atoms with Crippen LogP contribution in [-0.4, -0.2) is 71.2 Å². The van der Waals surface area contributed by atoms with E-state index in [4.69, 9.17) is 10.5 Å². The van der Waals surface area contributed by atoms with Gasteiger partial charge in [0.15, 0.2) is 5.78 Å². The number of likely N-dealkylation sites (tertiary alicyclic amines) is 2. The first-order chi connectivity index (χ1) is 12.8. The molecule has 3 amide bonds. The molecule has 0 aromatic carbocycles. The molecule has 3 atom stereocenters. The van der Waals surface area contributed by atoms with Gasteiger partial charge in [-0.15, -0.1) is 0 Å². The molecule has 2 aliphatic heterocycles. The van der Waals surface area contributed by atoms with Crippen molar-refractivity contribution >= 4 is 23.5 Å². The monoisotopic (exact) mass is 378 g/mol. The molecule has 3 fully saturated rings. The molecule has 2 saturated heterocycles. The molecule has 3 aliphatic rings. The van der Waals surface area contributed by atoms with Crippen LogP contribution in [0.5, 0.6) is 0 Å². The van der Waals surface area contributed by atoms with Crippen LogP contribution in [0.3, 0.4) is 0 Å². The molecule has 0 bridgehead atoms. The van der Waals surface area contributed by atoms with Gasteiger partial charge >= 0.3 is 0 Å². The molecule has 1 aliphatic carbocycles. The van der Waals surface area contributed by atoms with Gasteiger partial charge in [-0.25, -0.2) is 0 Å². The van der Waals surface area contributed by atoms with E-state index >= 15 is 0 Å². The van der Waals surface area contributed by atoms with Crippen LogP contribution in [-0.2, 0) is 23.9 Å². The van der Waals surface area contributed by atoms with Gasteiger partial charge in [-0.2, -0.15) is 0 Å². The molecule has 27 heavy (non-hydrogen) atoms. The predicted octanol–water partition coefficient (Wildman–Crippen LogP) is 0.0422. The van der Waals surface area contributed by atoms with Crippen LogP contribution in [0.15, 0.2) is 0 Å². The fourth-order valence-electron chi connectivity index (χ4n) is 4.56. The Morgan fingerprint density at radius 1 is 1.30 bits per heavy atom. The minimum Gasteiger partial charge on any atom is -0.369 e. The quantitative estimate of drug-likeness (QED) is 0.702. The fraction of sp³-hybridized carbons (Fsp3) is 0.737. The highest BCUT2D eigenvalue weighted by molar-refractivity contribution is 6.00. The summed E-state index contributed by atoms with van der Waals surface area (Å²) in [5.74, 6) is -1.41. The molecule has 1 saturated carbocycles. The lowest BCUT2D eigenvalue weighted by Crippen LogP contribution is -2.51. The van der Waals surface area contributed by atoms with Crippen LogP contribution in [0.1, 0.15) is 45.4 Å². The molecule has 3 unspecified atom stereocenters. The lowest BCUT2D eigenvalue weighted by molar-refractivity contribution is -0.155. The van der Waals surface area contributed by atoms with Crippen LogP contribution < -0.4 is 5.73 Å². The maximum Gasteiger partial charge on any atom is 0.255 e. The van der Waals surface area contributed by atoms with Crippen molar-refractivity contribution < 1.29 is 23.9 Å². The second kappa shape index (κ2) is 7.58. The number of nitrogens with two attached hydrogens (primary N) is 1. The minimum absolute atomic E-state index is 0.0285. The van der Waals surface area contributed by atoms with E-state index in [-0.39, 0.29) is 36.6 Å². The van der Waals surface area contributed by atoms with Gasteiger partial charge in [0, 0.05) is 19.6 Å². The smallest absolute Gasteiger partial charge is 0.255 e. The van der Waals surface area contributed by atoms with Crippen molar-refractivity contribution in [3.8, 4) is 0 Å². The highest BCUT2D eigenvalue weighted by atomic mass is 16.5. The number of methoxy groups -OCH3 is 1. The first-order valence-electron chi connectivity index (χ1n) is 9.63. The molecule has 0 spiro atoms. The van der Waals surface area contributed by atoms with Crippen molar-refractivity contribution in [2.24, 2.45) is 11.7 Å². The Kier molecular flexibility index (Phi) is 5.55. The number of ketones is 1. The summed E-state index contributed by atoms with van der Waals surface area (Å²) in [7, 11) is 1.55. The largest absolute Gasteiger partial charge is 0.369 e. The van der Waals surface area contributed by atoms with Gasteiger partial charge in [-0.05, 0) is 38.5 Å². The maximum absolute atomic E-state index is 13.1. The Labute approximate surface area is 159 Å².